The molecule has 1 saturated carbocycles. The highest BCUT2D eigenvalue weighted by Gasteiger charge is 2.22. The first-order chi connectivity index (χ1) is 8.69. The predicted octanol–water partition coefficient (Wildman–Crippen LogP) is 5.07. The van der Waals surface area contributed by atoms with Gasteiger partial charge in [-0.25, -0.2) is 0 Å². The first-order valence-electron chi connectivity index (χ1n) is 6.97. The maximum Gasteiger partial charge on any atom is 0.0918 e. The van der Waals surface area contributed by atoms with E-state index < -0.39 is 0 Å². The van der Waals surface area contributed by atoms with Crippen LogP contribution in [-0.4, -0.2) is 10.5 Å². The quantitative estimate of drug-likeness (QED) is 0.540. The fourth-order valence-electron chi connectivity index (χ4n) is 2.67. The molecule has 1 aliphatic rings. The Kier molecular flexibility index (Phi) is 5.49. The van der Waals surface area contributed by atoms with Crippen LogP contribution in [0.5, 0.6) is 0 Å². The maximum absolute atomic E-state index is 6.32. The minimum Gasteiger partial charge on any atom is -0.369 e. The summed E-state index contributed by atoms with van der Waals surface area (Å²) in [6, 6.07) is 8.74. The topological polar surface area (TPSA) is 9.23 Å². The average Bonchev–Trinajstić information content (AvgIpc) is 2.38. The monoisotopic (exact) mass is 358 g/mol. The summed E-state index contributed by atoms with van der Waals surface area (Å²) in [6.45, 7) is 4.50. The van der Waals surface area contributed by atoms with Crippen molar-refractivity contribution in [3.63, 3.8) is 0 Å². The van der Waals surface area contributed by atoms with Gasteiger partial charge in [0.1, 0.15) is 0 Å². The Balaban J connectivity index is 1.97. The van der Waals surface area contributed by atoms with Gasteiger partial charge in [0.25, 0.3) is 0 Å². The van der Waals surface area contributed by atoms with Crippen molar-refractivity contribution in [3.8, 4) is 0 Å². The van der Waals surface area contributed by atoms with Gasteiger partial charge in [-0.3, -0.25) is 0 Å². The Morgan fingerprint density at radius 2 is 2.00 bits per heavy atom. The number of benzene rings is 1. The Morgan fingerprint density at radius 3 is 2.61 bits per heavy atom. The molecule has 0 radical (unpaired) electrons. The number of alkyl halides is 1. The van der Waals surface area contributed by atoms with Crippen LogP contribution in [0.15, 0.2) is 24.3 Å². The summed E-state index contributed by atoms with van der Waals surface area (Å²) < 4.78 is 7.36. The predicted molar refractivity (Wildman–Crippen MR) is 85.3 cm³/mol. The average molecular weight is 358 g/mol. The first-order valence-corrected chi connectivity index (χ1v) is 8.49. The summed E-state index contributed by atoms with van der Waals surface area (Å²) in [5.41, 5.74) is 2.66. The van der Waals surface area contributed by atoms with Crippen molar-refractivity contribution >= 4 is 22.6 Å². The summed E-state index contributed by atoms with van der Waals surface area (Å²) in [4.78, 5) is 0. The highest BCUT2D eigenvalue weighted by Crippen LogP contribution is 2.30. The molecule has 0 heterocycles. The van der Waals surface area contributed by atoms with Crippen molar-refractivity contribution in [1.82, 2.24) is 0 Å². The fourth-order valence-corrected chi connectivity index (χ4v) is 3.39. The number of aryl methyl sites for hydroxylation is 1. The highest BCUT2D eigenvalue weighted by molar-refractivity contribution is 14.1. The second kappa shape index (κ2) is 6.90. The largest absolute Gasteiger partial charge is 0.369 e. The molecule has 1 aromatic carbocycles. The molecule has 1 fully saturated rings. The van der Waals surface area contributed by atoms with E-state index in [0.29, 0.717) is 6.10 Å². The lowest BCUT2D eigenvalue weighted by Gasteiger charge is -2.29. The summed E-state index contributed by atoms with van der Waals surface area (Å²) in [5.74, 6) is 0.891. The molecule has 0 N–H and O–H groups in total. The summed E-state index contributed by atoms with van der Waals surface area (Å²) >= 11 is 2.44. The summed E-state index contributed by atoms with van der Waals surface area (Å²) in [5, 5.41) is 0. The van der Waals surface area contributed by atoms with E-state index in [1.54, 1.807) is 0 Å². The lowest BCUT2D eigenvalue weighted by Crippen LogP contribution is -2.23. The number of rotatable bonds is 4. The van der Waals surface area contributed by atoms with Gasteiger partial charge in [-0.1, -0.05) is 59.3 Å². The van der Waals surface area contributed by atoms with Crippen LogP contribution < -0.4 is 0 Å². The molecule has 0 bridgehead atoms. The number of hydrogen-bond acceptors (Lipinski definition) is 1. The second-order valence-corrected chi connectivity index (χ2v) is 6.46. The van der Waals surface area contributed by atoms with Crippen LogP contribution in [0.3, 0.4) is 0 Å². The van der Waals surface area contributed by atoms with Crippen LogP contribution in [0, 0.1) is 12.8 Å². The van der Waals surface area contributed by atoms with Gasteiger partial charge in [0.2, 0.25) is 0 Å². The van der Waals surface area contributed by atoms with Gasteiger partial charge in [0.15, 0.2) is 0 Å². The van der Waals surface area contributed by atoms with Crippen LogP contribution in [0.1, 0.15) is 49.8 Å². The molecular formula is C16H23IO. The zero-order valence-corrected chi connectivity index (χ0v) is 13.5. The molecular weight excluding hydrogens is 335 g/mol. The van der Waals surface area contributed by atoms with Gasteiger partial charge in [-0.15, -0.1) is 0 Å². The Labute approximate surface area is 124 Å². The van der Waals surface area contributed by atoms with Crippen molar-refractivity contribution in [2.75, 3.05) is 4.43 Å². The number of hydrogen-bond donors (Lipinski definition) is 0. The smallest absolute Gasteiger partial charge is 0.0918 e. The SMILES string of the molecule is Cc1cccc(C(CI)OC2CCC(C)CC2)c1. The molecule has 0 spiro atoms. The van der Waals surface area contributed by atoms with Crippen molar-refractivity contribution in [3.05, 3.63) is 35.4 Å². The lowest BCUT2D eigenvalue weighted by atomic mass is 9.89. The van der Waals surface area contributed by atoms with Crippen LogP contribution in [0.4, 0.5) is 0 Å². The molecule has 1 unspecified atom stereocenters. The molecule has 18 heavy (non-hydrogen) atoms. The zero-order chi connectivity index (χ0) is 13.0. The van der Waals surface area contributed by atoms with E-state index in [1.807, 2.05) is 0 Å². The molecule has 0 amide bonds. The normalized spacial score (nSPS) is 25.9. The molecule has 1 aliphatic carbocycles. The maximum atomic E-state index is 6.32. The van der Waals surface area contributed by atoms with E-state index in [4.69, 9.17) is 4.74 Å². The van der Waals surface area contributed by atoms with Crippen molar-refractivity contribution in [1.29, 1.82) is 0 Å². The van der Waals surface area contributed by atoms with E-state index in [9.17, 15) is 0 Å². The van der Waals surface area contributed by atoms with Crippen LogP contribution in [0.2, 0.25) is 0 Å². The fraction of sp³-hybridized carbons (Fsp3) is 0.625. The van der Waals surface area contributed by atoms with Crippen LogP contribution in [-0.2, 0) is 4.74 Å². The number of ether oxygens (including phenoxy) is 1. The summed E-state index contributed by atoms with van der Waals surface area (Å²) in [6.07, 6.45) is 5.87. The van der Waals surface area contributed by atoms with Gasteiger partial charge >= 0.3 is 0 Å². The molecule has 1 aromatic rings. The molecule has 1 atom stereocenters. The minimum atomic E-state index is 0.268. The third-order valence-electron chi connectivity index (χ3n) is 3.87. The van der Waals surface area contributed by atoms with Crippen LogP contribution >= 0.6 is 22.6 Å². The van der Waals surface area contributed by atoms with Gasteiger partial charge in [0, 0.05) is 4.43 Å². The van der Waals surface area contributed by atoms with Crippen molar-refractivity contribution in [2.24, 2.45) is 5.92 Å². The van der Waals surface area contributed by atoms with E-state index in [1.165, 1.54) is 36.8 Å². The van der Waals surface area contributed by atoms with E-state index >= 15 is 0 Å². The van der Waals surface area contributed by atoms with E-state index in [0.717, 1.165) is 10.3 Å². The summed E-state index contributed by atoms with van der Waals surface area (Å²) in [7, 11) is 0. The molecule has 0 saturated heterocycles. The number of halogens is 1. The van der Waals surface area contributed by atoms with Crippen molar-refractivity contribution in [2.45, 2.75) is 51.7 Å². The third kappa shape index (κ3) is 3.95. The Morgan fingerprint density at radius 1 is 1.28 bits per heavy atom. The minimum absolute atomic E-state index is 0.268. The zero-order valence-electron chi connectivity index (χ0n) is 11.4. The lowest BCUT2D eigenvalue weighted by molar-refractivity contribution is -0.0248. The highest BCUT2D eigenvalue weighted by atomic mass is 127. The van der Waals surface area contributed by atoms with Crippen LogP contribution in [0.25, 0.3) is 0 Å². The van der Waals surface area contributed by atoms with E-state index in [2.05, 4.69) is 60.7 Å². The third-order valence-corrected chi connectivity index (χ3v) is 4.67. The van der Waals surface area contributed by atoms with Gasteiger partial charge in [0.05, 0.1) is 12.2 Å². The van der Waals surface area contributed by atoms with Gasteiger partial charge in [-0.2, -0.15) is 0 Å². The van der Waals surface area contributed by atoms with E-state index in [-0.39, 0.29) is 6.10 Å². The van der Waals surface area contributed by atoms with Crippen molar-refractivity contribution < 1.29 is 4.74 Å². The molecule has 2 heteroatoms. The Hall–Kier alpha value is -0.0900. The van der Waals surface area contributed by atoms with Gasteiger partial charge in [-0.05, 0) is 44.1 Å². The molecule has 100 valence electrons. The standard InChI is InChI=1S/C16H23IO/c1-12-6-8-15(9-7-12)18-16(11-17)14-5-3-4-13(2)10-14/h3-5,10,12,15-16H,6-9,11H2,1-2H3. The molecule has 1 nitrogen and oxygen atoms in total. The Bertz CT molecular complexity index is 369. The molecule has 0 aromatic heterocycles. The molecule has 2 rings (SSSR count). The second-order valence-electron chi connectivity index (χ2n) is 5.58. The molecule has 0 aliphatic heterocycles. The van der Waals surface area contributed by atoms with Gasteiger partial charge < -0.3 is 4.74 Å². The first kappa shape index (κ1) is 14.3.